The third-order valence-corrected chi connectivity index (χ3v) is 6.67. The van der Waals surface area contributed by atoms with E-state index in [2.05, 4.69) is 26.2 Å². The fourth-order valence-corrected chi connectivity index (χ4v) is 4.62. The van der Waals surface area contributed by atoms with E-state index in [4.69, 9.17) is 8.92 Å². The van der Waals surface area contributed by atoms with E-state index < -0.39 is 21.0 Å². The second kappa shape index (κ2) is 10.3. The molecular formula is C23H19BrN4O7S. The number of nitro groups is 1. The molecule has 0 aliphatic rings. The summed E-state index contributed by atoms with van der Waals surface area (Å²) < 4.78 is 38.3. The molecule has 0 amide bonds. The van der Waals surface area contributed by atoms with E-state index in [0.717, 1.165) is 28.7 Å². The van der Waals surface area contributed by atoms with Crippen molar-refractivity contribution < 1.29 is 27.1 Å². The first-order valence-corrected chi connectivity index (χ1v) is 12.7. The van der Waals surface area contributed by atoms with Gasteiger partial charge in [-0.2, -0.15) is 8.42 Å². The Balaban J connectivity index is 1.68. The zero-order chi connectivity index (χ0) is 25.9. The predicted octanol–water partition coefficient (Wildman–Crippen LogP) is 4.41. The van der Waals surface area contributed by atoms with Crippen LogP contribution in [0, 0.1) is 10.1 Å². The number of hydrogen-bond donors (Lipinski definition) is 1. The normalized spacial score (nSPS) is 11.3. The van der Waals surface area contributed by atoms with Gasteiger partial charge in [0.1, 0.15) is 34.3 Å². The molecule has 13 heteroatoms. The van der Waals surface area contributed by atoms with Gasteiger partial charge in [-0.1, -0.05) is 12.1 Å². The summed E-state index contributed by atoms with van der Waals surface area (Å²) in [5, 5.41) is 13.9. The maximum absolute atomic E-state index is 12.7. The van der Waals surface area contributed by atoms with E-state index in [1.807, 2.05) is 6.07 Å². The van der Waals surface area contributed by atoms with Crippen molar-refractivity contribution in [1.29, 1.82) is 0 Å². The number of fused-ring (bicyclic) bond motifs is 1. The molecule has 0 bridgehead atoms. The van der Waals surface area contributed by atoms with Crippen LogP contribution in [0.4, 0.5) is 11.5 Å². The van der Waals surface area contributed by atoms with Crippen molar-refractivity contribution >= 4 is 49.2 Å². The molecular weight excluding hydrogens is 556 g/mol. The Morgan fingerprint density at radius 2 is 1.92 bits per heavy atom. The lowest BCUT2D eigenvalue weighted by Crippen LogP contribution is -2.17. The standard InChI is InChI=1S/C23H19BrN4O7S/c1-2-34-21(29)13-25-23-22(26-20-11-6-16(24)14-27(20)23)15-4-3-5-18(12-15)35-36(32,33)19-9-7-17(8-10-19)28(30)31/h3-12,14,25H,2,13H2,1H3. The summed E-state index contributed by atoms with van der Waals surface area (Å²) in [5.74, 6) is 0.0647. The maximum Gasteiger partial charge on any atom is 0.339 e. The molecule has 11 nitrogen and oxygen atoms in total. The SMILES string of the molecule is CCOC(=O)CNc1c(-c2cccc(OS(=O)(=O)c3ccc([N+](=O)[O-])cc3)c2)nc2ccc(Br)cn12. The van der Waals surface area contributed by atoms with Gasteiger partial charge < -0.3 is 14.2 Å². The van der Waals surface area contributed by atoms with Crippen molar-refractivity contribution in [2.45, 2.75) is 11.8 Å². The highest BCUT2D eigenvalue weighted by Gasteiger charge is 2.20. The molecule has 2 heterocycles. The molecule has 4 rings (SSSR count). The first kappa shape index (κ1) is 25.1. The predicted molar refractivity (Wildman–Crippen MR) is 134 cm³/mol. The number of pyridine rings is 1. The Morgan fingerprint density at radius 3 is 2.61 bits per heavy atom. The number of imidazole rings is 1. The largest absolute Gasteiger partial charge is 0.465 e. The summed E-state index contributed by atoms with van der Waals surface area (Å²) in [6, 6.07) is 14.3. The van der Waals surface area contributed by atoms with Crippen LogP contribution in [0.2, 0.25) is 0 Å². The Kier molecular flexibility index (Phi) is 7.22. The van der Waals surface area contributed by atoms with Gasteiger partial charge in [0.15, 0.2) is 0 Å². The topological polar surface area (TPSA) is 142 Å². The van der Waals surface area contributed by atoms with Crippen molar-refractivity contribution in [2.24, 2.45) is 0 Å². The van der Waals surface area contributed by atoms with E-state index in [0.29, 0.717) is 22.7 Å². The molecule has 0 atom stereocenters. The van der Waals surface area contributed by atoms with Crippen LogP contribution in [-0.2, 0) is 19.6 Å². The van der Waals surface area contributed by atoms with Crippen molar-refractivity contribution in [3.05, 3.63) is 81.4 Å². The number of carbonyl (C=O) groups excluding carboxylic acids is 1. The van der Waals surface area contributed by atoms with E-state index in [-0.39, 0.29) is 29.5 Å². The molecule has 0 fully saturated rings. The van der Waals surface area contributed by atoms with Crippen molar-refractivity contribution in [3.8, 4) is 17.0 Å². The third-order valence-electron chi connectivity index (χ3n) is 4.94. The van der Waals surface area contributed by atoms with E-state index >= 15 is 0 Å². The fraction of sp³-hybridized carbons (Fsp3) is 0.130. The number of nitro benzene ring substituents is 1. The van der Waals surface area contributed by atoms with Crippen LogP contribution in [0.3, 0.4) is 0 Å². The van der Waals surface area contributed by atoms with Gasteiger partial charge in [-0.3, -0.25) is 19.3 Å². The van der Waals surface area contributed by atoms with Gasteiger partial charge >= 0.3 is 16.1 Å². The summed E-state index contributed by atoms with van der Waals surface area (Å²) >= 11 is 3.42. The van der Waals surface area contributed by atoms with Crippen LogP contribution >= 0.6 is 15.9 Å². The van der Waals surface area contributed by atoms with Crippen molar-refractivity contribution in [2.75, 3.05) is 18.5 Å². The minimum atomic E-state index is -4.25. The molecule has 0 unspecified atom stereocenters. The van der Waals surface area contributed by atoms with Crippen LogP contribution in [0.25, 0.3) is 16.9 Å². The highest BCUT2D eigenvalue weighted by Crippen LogP contribution is 2.32. The molecule has 0 saturated heterocycles. The Morgan fingerprint density at radius 1 is 1.17 bits per heavy atom. The van der Waals surface area contributed by atoms with Gasteiger partial charge in [-0.25, -0.2) is 4.98 Å². The Labute approximate surface area is 214 Å². The number of hydrogen-bond acceptors (Lipinski definition) is 9. The highest BCUT2D eigenvalue weighted by molar-refractivity contribution is 9.10. The number of anilines is 1. The zero-order valence-electron chi connectivity index (χ0n) is 18.8. The number of nitrogens with zero attached hydrogens (tertiary/aromatic N) is 3. The second-order valence-corrected chi connectivity index (χ2v) is 9.82. The number of halogens is 1. The summed E-state index contributed by atoms with van der Waals surface area (Å²) in [7, 11) is -4.25. The van der Waals surface area contributed by atoms with Crippen LogP contribution in [0.5, 0.6) is 5.75 Å². The van der Waals surface area contributed by atoms with Gasteiger partial charge in [0.25, 0.3) is 5.69 Å². The van der Waals surface area contributed by atoms with Gasteiger partial charge in [-0.15, -0.1) is 0 Å². The molecule has 36 heavy (non-hydrogen) atoms. The highest BCUT2D eigenvalue weighted by atomic mass is 79.9. The third kappa shape index (κ3) is 5.47. The number of rotatable bonds is 9. The van der Waals surface area contributed by atoms with E-state index in [1.54, 1.807) is 35.7 Å². The second-order valence-electron chi connectivity index (χ2n) is 7.36. The number of carbonyl (C=O) groups is 1. The summed E-state index contributed by atoms with van der Waals surface area (Å²) in [6.45, 7) is 1.85. The van der Waals surface area contributed by atoms with E-state index in [1.165, 1.54) is 12.1 Å². The number of esters is 1. The van der Waals surface area contributed by atoms with Gasteiger partial charge in [-0.05, 0) is 59.3 Å². The van der Waals surface area contributed by atoms with Crippen molar-refractivity contribution in [1.82, 2.24) is 9.38 Å². The Hall–Kier alpha value is -3.97. The van der Waals surface area contributed by atoms with Gasteiger partial charge in [0, 0.05) is 28.4 Å². The molecule has 2 aromatic heterocycles. The first-order valence-electron chi connectivity index (χ1n) is 10.5. The summed E-state index contributed by atoms with van der Waals surface area (Å²) in [5.41, 5.74) is 1.33. The number of non-ortho nitro benzene ring substituents is 1. The minimum Gasteiger partial charge on any atom is -0.465 e. The fourth-order valence-electron chi connectivity index (χ4n) is 3.36. The molecule has 0 aliphatic heterocycles. The number of aromatic nitrogens is 2. The quantitative estimate of drug-likeness (QED) is 0.133. The summed E-state index contributed by atoms with van der Waals surface area (Å²) in [4.78, 5) is 26.6. The molecule has 0 aliphatic carbocycles. The molecule has 0 radical (unpaired) electrons. The summed E-state index contributed by atoms with van der Waals surface area (Å²) in [6.07, 6.45) is 1.78. The average molecular weight is 575 g/mol. The number of ether oxygens (including phenoxy) is 1. The molecule has 2 aromatic carbocycles. The van der Waals surface area contributed by atoms with Gasteiger partial charge in [0.2, 0.25) is 0 Å². The number of benzene rings is 2. The lowest BCUT2D eigenvalue weighted by molar-refractivity contribution is -0.384. The van der Waals surface area contributed by atoms with Crippen LogP contribution < -0.4 is 9.50 Å². The zero-order valence-corrected chi connectivity index (χ0v) is 21.2. The molecule has 186 valence electrons. The monoisotopic (exact) mass is 574 g/mol. The lowest BCUT2D eigenvalue weighted by atomic mass is 10.1. The van der Waals surface area contributed by atoms with Crippen LogP contribution in [-0.4, -0.2) is 41.8 Å². The van der Waals surface area contributed by atoms with Gasteiger partial charge in [0.05, 0.1) is 11.5 Å². The maximum atomic E-state index is 12.7. The van der Waals surface area contributed by atoms with Crippen LogP contribution in [0.1, 0.15) is 6.92 Å². The lowest BCUT2D eigenvalue weighted by Gasteiger charge is -2.10. The molecule has 4 aromatic rings. The van der Waals surface area contributed by atoms with Crippen molar-refractivity contribution in [3.63, 3.8) is 0 Å². The Bertz CT molecular complexity index is 1550. The molecule has 1 N–H and O–H groups in total. The van der Waals surface area contributed by atoms with Crippen LogP contribution in [0.15, 0.2) is 76.2 Å². The molecule has 0 saturated carbocycles. The smallest absolute Gasteiger partial charge is 0.339 e. The number of nitrogens with one attached hydrogen (secondary N) is 1. The van der Waals surface area contributed by atoms with E-state index in [9.17, 15) is 23.3 Å². The average Bonchev–Trinajstić information content (AvgIpc) is 3.20. The molecule has 0 spiro atoms. The first-order chi connectivity index (χ1) is 17.2. The minimum absolute atomic E-state index is 0.0143.